The highest BCUT2D eigenvalue weighted by molar-refractivity contribution is 6.12. The number of rotatable bonds is 8. The normalized spacial score (nSPS) is 10.9. The van der Waals surface area contributed by atoms with E-state index in [1.165, 1.54) is 31.4 Å². The summed E-state index contributed by atoms with van der Waals surface area (Å²) in [6.45, 7) is 0. The van der Waals surface area contributed by atoms with E-state index in [4.69, 9.17) is 4.74 Å². The van der Waals surface area contributed by atoms with Crippen LogP contribution < -0.4 is 15.4 Å². The number of carbonyl (C=O) groups excluding carboxylic acids is 2. The summed E-state index contributed by atoms with van der Waals surface area (Å²) in [5.74, 6) is -1.01. The highest BCUT2D eigenvalue weighted by atomic mass is 16.5. The summed E-state index contributed by atoms with van der Waals surface area (Å²) < 4.78 is 5.41. The molecule has 3 N–H and O–H groups in total. The number of aromatic hydroxyl groups is 1. The number of benzene rings is 5. The molecular formula is C31H23N5O5. The van der Waals surface area contributed by atoms with Crippen LogP contribution in [-0.4, -0.2) is 24.0 Å². The highest BCUT2D eigenvalue weighted by Gasteiger charge is 2.19. The largest absolute Gasteiger partial charge is 0.505 e. The van der Waals surface area contributed by atoms with E-state index in [1.807, 2.05) is 18.2 Å². The van der Waals surface area contributed by atoms with E-state index >= 15 is 0 Å². The summed E-state index contributed by atoms with van der Waals surface area (Å²) in [7, 11) is 1.46. The van der Waals surface area contributed by atoms with Gasteiger partial charge in [-0.15, -0.1) is 15.1 Å². The number of ether oxygens (including phenoxy) is 1. The first-order valence-electron chi connectivity index (χ1n) is 12.4. The molecule has 0 atom stereocenters. The van der Waals surface area contributed by atoms with Gasteiger partial charge in [0.25, 0.3) is 11.8 Å². The Morgan fingerprint density at radius 3 is 2.27 bits per heavy atom. The number of anilines is 2. The predicted molar refractivity (Wildman–Crippen MR) is 157 cm³/mol. The lowest BCUT2D eigenvalue weighted by atomic mass is 10.0. The molecule has 5 aromatic rings. The van der Waals surface area contributed by atoms with Gasteiger partial charge < -0.3 is 20.5 Å². The number of carbonyl (C=O) groups is 2. The van der Waals surface area contributed by atoms with Crippen molar-refractivity contribution < 1.29 is 19.4 Å². The van der Waals surface area contributed by atoms with Crippen LogP contribution in [0.1, 0.15) is 20.7 Å². The maximum Gasteiger partial charge on any atom is 0.259 e. The van der Waals surface area contributed by atoms with E-state index in [2.05, 4.69) is 26.0 Å². The molecule has 5 rings (SSSR count). The van der Waals surface area contributed by atoms with Crippen LogP contribution in [0, 0.1) is 4.91 Å². The van der Waals surface area contributed by atoms with E-state index in [0.717, 1.165) is 0 Å². The Balaban J connectivity index is 1.51. The second-order valence-corrected chi connectivity index (χ2v) is 8.84. The fraction of sp³-hybridized carbons (Fsp3) is 0.0323. The lowest BCUT2D eigenvalue weighted by molar-refractivity contribution is 0.101. The number of phenolic OH excluding ortho intramolecular Hbond substituents is 1. The van der Waals surface area contributed by atoms with Crippen molar-refractivity contribution in [2.75, 3.05) is 17.7 Å². The van der Waals surface area contributed by atoms with Crippen LogP contribution in [0.25, 0.3) is 10.8 Å². The predicted octanol–water partition coefficient (Wildman–Crippen LogP) is 7.87. The average molecular weight is 546 g/mol. The number of hydrogen-bond donors (Lipinski definition) is 3. The number of fused-ring (bicyclic) bond motifs is 1. The molecule has 0 saturated carbocycles. The van der Waals surface area contributed by atoms with Gasteiger partial charge in [-0.25, -0.2) is 0 Å². The minimum absolute atomic E-state index is 0.0509. The van der Waals surface area contributed by atoms with Crippen molar-refractivity contribution in [1.82, 2.24) is 0 Å². The molecule has 202 valence electrons. The zero-order valence-electron chi connectivity index (χ0n) is 21.7. The quantitative estimate of drug-likeness (QED) is 0.134. The second kappa shape index (κ2) is 11.9. The lowest BCUT2D eigenvalue weighted by Gasteiger charge is -2.12. The van der Waals surface area contributed by atoms with Crippen molar-refractivity contribution in [2.45, 2.75) is 0 Å². The van der Waals surface area contributed by atoms with Gasteiger partial charge in [0.2, 0.25) is 0 Å². The molecule has 0 saturated heterocycles. The molecule has 0 bridgehead atoms. The third-order valence-electron chi connectivity index (χ3n) is 6.18. The molecule has 0 aliphatic rings. The number of nitrogens with zero attached hydrogens (tertiary/aromatic N) is 3. The fourth-order valence-corrected chi connectivity index (χ4v) is 4.17. The molecule has 10 heteroatoms. The minimum atomic E-state index is -0.620. The monoisotopic (exact) mass is 545 g/mol. The van der Waals surface area contributed by atoms with Gasteiger partial charge >= 0.3 is 0 Å². The van der Waals surface area contributed by atoms with Gasteiger partial charge in [0.15, 0.2) is 5.75 Å². The van der Waals surface area contributed by atoms with E-state index in [0.29, 0.717) is 33.5 Å². The van der Waals surface area contributed by atoms with E-state index in [1.54, 1.807) is 60.7 Å². The van der Waals surface area contributed by atoms with Crippen LogP contribution in [0.15, 0.2) is 119 Å². The highest BCUT2D eigenvalue weighted by Crippen LogP contribution is 2.40. The van der Waals surface area contributed by atoms with Crippen molar-refractivity contribution in [1.29, 1.82) is 0 Å². The SMILES string of the molecule is COc1ccc(C(=O)Nc2ccccc2)cc1/N=N/c1c(O)c(C(=O)Nc2cccc(N=O)c2)cc2ccccc12. The summed E-state index contributed by atoms with van der Waals surface area (Å²) in [5.41, 5.74) is 1.68. The van der Waals surface area contributed by atoms with Crippen LogP contribution >= 0.6 is 0 Å². The molecule has 0 aliphatic heterocycles. The number of para-hydroxylation sites is 1. The molecule has 2 amide bonds. The van der Waals surface area contributed by atoms with Gasteiger partial charge in [0.1, 0.15) is 22.8 Å². The molecule has 0 aliphatic carbocycles. The molecule has 0 fully saturated rings. The molecule has 10 nitrogen and oxygen atoms in total. The first kappa shape index (κ1) is 26.7. The van der Waals surface area contributed by atoms with Gasteiger partial charge in [-0.2, -0.15) is 0 Å². The van der Waals surface area contributed by atoms with Crippen molar-refractivity contribution in [3.8, 4) is 11.5 Å². The second-order valence-electron chi connectivity index (χ2n) is 8.84. The summed E-state index contributed by atoms with van der Waals surface area (Å²) in [6.07, 6.45) is 0. The Labute approximate surface area is 234 Å². The summed E-state index contributed by atoms with van der Waals surface area (Å²) in [4.78, 5) is 36.9. The first-order chi connectivity index (χ1) is 20.0. The van der Waals surface area contributed by atoms with E-state index in [9.17, 15) is 19.6 Å². The number of phenols is 1. The molecule has 0 aromatic heterocycles. The van der Waals surface area contributed by atoms with Crippen LogP contribution in [0.4, 0.5) is 28.4 Å². The van der Waals surface area contributed by atoms with Crippen LogP contribution in [-0.2, 0) is 0 Å². The minimum Gasteiger partial charge on any atom is -0.505 e. The van der Waals surface area contributed by atoms with E-state index < -0.39 is 11.7 Å². The van der Waals surface area contributed by atoms with E-state index in [-0.39, 0.29) is 28.5 Å². The fourth-order valence-electron chi connectivity index (χ4n) is 4.17. The first-order valence-corrected chi connectivity index (χ1v) is 12.4. The molecule has 5 aromatic carbocycles. The zero-order valence-corrected chi connectivity index (χ0v) is 21.7. The summed E-state index contributed by atoms with van der Waals surface area (Å²) in [6, 6.07) is 28.4. The molecule has 41 heavy (non-hydrogen) atoms. The average Bonchev–Trinajstić information content (AvgIpc) is 3.00. The summed E-state index contributed by atoms with van der Waals surface area (Å²) >= 11 is 0. The third-order valence-corrected chi connectivity index (χ3v) is 6.18. The lowest BCUT2D eigenvalue weighted by Crippen LogP contribution is -2.12. The Kier molecular flexibility index (Phi) is 7.73. The van der Waals surface area contributed by atoms with Crippen LogP contribution in [0.5, 0.6) is 11.5 Å². The van der Waals surface area contributed by atoms with Crippen LogP contribution in [0.3, 0.4) is 0 Å². The molecule has 0 radical (unpaired) electrons. The molecular weight excluding hydrogens is 522 g/mol. The van der Waals surface area contributed by atoms with Gasteiger partial charge in [-0.3, -0.25) is 9.59 Å². The van der Waals surface area contributed by atoms with Crippen molar-refractivity contribution in [3.05, 3.63) is 119 Å². The van der Waals surface area contributed by atoms with Gasteiger partial charge in [0.05, 0.1) is 12.7 Å². The standard InChI is InChI=1S/C31H23N5O5/c1-41-27-15-14-20(30(38)32-21-9-3-2-4-10-21)17-26(27)34-35-28-24-13-6-5-8-19(24)16-25(29(28)37)31(39)33-22-11-7-12-23(18-22)36-40/h2-18,37H,1H3,(H,32,38)(H,33,39)/b35-34+. The van der Waals surface area contributed by atoms with Crippen LogP contribution in [0.2, 0.25) is 0 Å². The van der Waals surface area contributed by atoms with Gasteiger partial charge in [-0.05, 0) is 65.2 Å². The Bertz CT molecular complexity index is 1800. The summed E-state index contributed by atoms with van der Waals surface area (Å²) in [5, 5.41) is 29.3. The number of azo groups is 1. The number of nitrogens with one attached hydrogen (secondary N) is 2. The number of hydrogen-bond acceptors (Lipinski definition) is 8. The smallest absolute Gasteiger partial charge is 0.259 e. The number of amides is 2. The third kappa shape index (κ3) is 5.91. The topological polar surface area (TPSA) is 142 Å². The Morgan fingerprint density at radius 2 is 1.49 bits per heavy atom. The Hall–Kier alpha value is -5.90. The van der Waals surface area contributed by atoms with Crippen molar-refractivity contribution in [2.24, 2.45) is 15.4 Å². The zero-order chi connectivity index (χ0) is 28.8. The molecule has 0 unspecified atom stereocenters. The number of methoxy groups -OCH3 is 1. The van der Waals surface area contributed by atoms with Gasteiger partial charge in [0, 0.05) is 22.3 Å². The van der Waals surface area contributed by atoms with Gasteiger partial charge in [-0.1, -0.05) is 48.5 Å². The number of nitroso groups, excluding NO2 is 1. The maximum atomic E-state index is 13.2. The Morgan fingerprint density at radius 1 is 0.756 bits per heavy atom. The maximum absolute atomic E-state index is 13.2. The van der Waals surface area contributed by atoms with Crippen molar-refractivity contribution in [3.63, 3.8) is 0 Å². The van der Waals surface area contributed by atoms with Crippen molar-refractivity contribution >= 4 is 51.0 Å². The molecule has 0 heterocycles. The molecule has 0 spiro atoms.